The van der Waals surface area contributed by atoms with E-state index in [-0.39, 0.29) is 12.6 Å². The summed E-state index contributed by atoms with van der Waals surface area (Å²) in [6.45, 7) is 11.3. The van der Waals surface area contributed by atoms with E-state index in [1.807, 2.05) is 41.5 Å². The monoisotopic (exact) mass is 317 g/mol. The number of aryl methyl sites for hydroxylation is 1. The predicted molar refractivity (Wildman–Crippen MR) is 83.4 cm³/mol. The molecule has 6 heteroatoms. The molecule has 0 amide bonds. The van der Waals surface area contributed by atoms with Crippen molar-refractivity contribution in [1.82, 2.24) is 4.98 Å². The van der Waals surface area contributed by atoms with E-state index in [0.29, 0.717) is 6.42 Å². The van der Waals surface area contributed by atoms with Gasteiger partial charge in [-0.2, -0.15) is 0 Å². The topological polar surface area (TPSA) is 59.4 Å². The predicted octanol–water partition coefficient (Wildman–Crippen LogP) is 3.20. The number of hydrogen-bond donors (Lipinski definition) is 1. The summed E-state index contributed by atoms with van der Waals surface area (Å²) in [4.78, 5) is 17.8. The second kappa shape index (κ2) is 6.45. The maximum atomic E-state index is 12.2. The second-order valence-corrected chi connectivity index (χ2v) is 9.14. The van der Waals surface area contributed by atoms with Crippen LogP contribution in [-0.2, 0) is 16.0 Å². The number of ether oxygens (including phenoxy) is 1. The first kappa shape index (κ1) is 17.5. The minimum absolute atomic E-state index is 0.0874. The number of aliphatic hydroxyl groups is 1. The number of carbonyl (C=O) groups excluding carboxylic acids is 1. The van der Waals surface area contributed by atoms with Crippen molar-refractivity contribution >= 4 is 29.1 Å². The van der Waals surface area contributed by atoms with Crippen LogP contribution in [0.3, 0.4) is 0 Å². The molecule has 0 aromatic carbocycles. The molecule has 0 saturated carbocycles. The molecule has 1 aromatic heterocycles. The van der Waals surface area contributed by atoms with Gasteiger partial charge in [-0.25, -0.2) is 4.98 Å². The molecular weight excluding hydrogens is 294 g/mol. The van der Waals surface area contributed by atoms with Crippen molar-refractivity contribution in [2.45, 2.75) is 62.7 Å². The maximum absolute atomic E-state index is 12.2. The largest absolute Gasteiger partial charge is 0.459 e. The zero-order chi connectivity index (χ0) is 15.6. The Morgan fingerprint density at radius 1 is 1.35 bits per heavy atom. The van der Waals surface area contributed by atoms with Crippen molar-refractivity contribution < 1.29 is 14.6 Å². The van der Waals surface area contributed by atoms with Crippen LogP contribution in [0.1, 0.15) is 45.2 Å². The fraction of sp³-hybridized carbons (Fsp3) is 0.714. The molecule has 0 radical (unpaired) electrons. The zero-order valence-corrected chi connectivity index (χ0v) is 14.6. The molecule has 0 aliphatic heterocycles. The van der Waals surface area contributed by atoms with Crippen LogP contribution >= 0.6 is 23.1 Å². The van der Waals surface area contributed by atoms with Gasteiger partial charge < -0.3 is 9.84 Å². The smallest absolute Gasteiger partial charge is 0.322 e. The summed E-state index contributed by atoms with van der Waals surface area (Å²) in [5.41, 5.74) is 0.412. The van der Waals surface area contributed by atoms with E-state index in [2.05, 4.69) is 4.98 Å². The number of thiazole rings is 1. The Bertz CT molecular complexity index is 475. The third kappa shape index (κ3) is 5.07. The fourth-order valence-electron chi connectivity index (χ4n) is 1.44. The van der Waals surface area contributed by atoms with Crippen molar-refractivity contribution in [1.29, 1.82) is 0 Å². The van der Waals surface area contributed by atoms with Crippen molar-refractivity contribution in [2.75, 3.05) is 6.61 Å². The Kier molecular flexibility index (Phi) is 5.63. The lowest BCUT2D eigenvalue weighted by Gasteiger charge is -2.27. The Labute approximate surface area is 128 Å². The lowest BCUT2D eigenvalue weighted by molar-refractivity contribution is -0.156. The van der Waals surface area contributed by atoms with E-state index in [9.17, 15) is 4.79 Å². The molecule has 0 unspecified atom stereocenters. The van der Waals surface area contributed by atoms with Gasteiger partial charge in [-0.3, -0.25) is 4.79 Å². The molecule has 1 aromatic rings. The van der Waals surface area contributed by atoms with Gasteiger partial charge in [0.15, 0.2) is 4.34 Å². The standard InChI is InChI=1S/C14H23NO3S2/c1-9-10(7-8-16)15-12(19-9)20-14(5,6)11(17)18-13(2,3)4/h16H,7-8H2,1-6H3. The first-order valence-corrected chi connectivity index (χ1v) is 8.18. The molecule has 0 fully saturated rings. The number of esters is 1. The Hall–Kier alpha value is -0.590. The van der Waals surface area contributed by atoms with Gasteiger partial charge in [-0.05, 0) is 41.5 Å². The van der Waals surface area contributed by atoms with Crippen molar-refractivity contribution in [2.24, 2.45) is 0 Å². The number of hydrogen-bond acceptors (Lipinski definition) is 6. The highest BCUT2D eigenvalue weighted by atomic mass is 32.2. The van der Waals surface area contributed by atoms with Gasteiger partial charge in [-0.1, -0.05) is 11.8 Å². The molecule has 0 atom stereocenters. The van der Waals surface area contributed by atoms with Crippen molar-refractivity contribution in [3.63, 3.8) is 0 Å². The molecule has 0 bridgehead atoms. The van der Waals surface area contributed by atoms with Crippen LogP contribution in [0.2, 0.25) is 0 Å². The summed E-state index contributed by atoms with van der Waals surface area (Å²) >= 11 is 2.96. The van der Waals surface area contributed by atoms with Crippen LogP contribution in [0.4, 0.5) is 0 Å². The summed E-state index contributed by atoms with van der Waals surface area (Å²) in [6, 6.07) is 0. The first-order valence-electron chi connectivity index (χ1n) is 6.55. The van der Waals surface area contributed by atoms with Crippen LogP contribution in [0.5, 0.6) is 0 Å². The molecule has 0 saturated heterocycles. The Balaban J connectivity index is 2.80. The summed E-state index contributed by atoms with van der Waals surface area (Å²) in [7, 11) is 0. The summed E-state index contributed by atoms with van der Waals surface area (Å²) in [5, 5.41) is 8.99. The fourth-order valence-corrected chi connectivity index (χ4v) is 4.01. The van der Waals surface area contributed by atoms with Gasteiger partial charge in [0, 0.05) is 17.9 Å². The number of aliphatic hydroxyl groups excluding tert-OH is 1. The van der Waals surface area contributed by atoms with E-state index >= 15 is 0 Å². The van der Waals surface area contributed by atoms with E-state index in [0.717, 1.165) is 14.9 Å². The van der Waals surface area contributed by atoms with Crippen molar-refractivity contribution in [3.05, 3.63) is 10.6 Å². The molecule has 4 nitrogen and oxygen atoms in total. The van der Waals surface area contributed by atoms with Gasteiger partial charge in [0.05, 0.1) is 5.69 Å². The quantitative estimate of drug-likeness (QED) is 0.667. The number of thioether (sulfide) groups is 1. The second-order valence-electron chi connectivity index (χ2n) is 6.07. The first-order chi connectivity index (χ1) is 9.05. The average molecular weight is 317 g/mol. The Morgan fingerprint density at radius 3 is 2.45 bits per heavy atom. The highest BCUT2D eigenvalue weighted by Crippen LogP contribution is 2.37. The summed E-state index contributed by atoms with van der Waals surface area (Å²) in [5.74, 6) is -0.244. The minimum Gasteiger partial charge on any atom is -0.459 e. The SMILES string of the molecule is Cc1sc(SC(C)(C)C(=O)OC(C)(C)C)nc1CCO. The molecule has 0 aliphatic rings. The van der Waals surface area contributed by atoms with Gasteiger partial charge in [0.25, 0.3) is 0 Å². The third-order valence-electron chi connectivity index (χ3n) is 2.45. The number of nitrogens with zero attached hydrogens (tertiary/aromatic N) is 1. The number of carbonyl (C=O) groups is 1. The van der Waals surface area contributed by atoms with Crippen molar-refractivity contribution in [3.8, 4) is 0 Å². The zero-order valence-electron chi connectivity index (χ0n) is 12.9. The average Bonchev–Trinajstić information content (AvgIpc) is 2.56. The van der Waals surface area contributed by atoms with E-state index in [1.165, 1.54) is 11.8 Å². The molecule has 1 rings (SSSR count). The normalized spacial score (nSPS) is 12.6. The van der Waals surface area contributed by atoms with Gasteiger partial charge in [0.1, 0.15) is 10.3 Å². The van der Waals surface area contributed by atoms with Gasteiger partial charge >= 0.3 is 5.97 Å². The molecule has 1 heterocycles. The highest BCUT2D eigenvalue weighted by Gasteiger charge is 2.34. The van der Waals surface area contributed by atoms with Crippen LogP contribution in [0, 0.1) is 6.92 Å². The third-order valence-corrected chi connectivity index (χ3v) is 4.71. The highest BCUT2D eigenvalue weighted by molar-refractivity contribution is 8.03. The molecule has 0 aliphatic carbocycles. The lowest BCUT2D eigenvalue weighted by atomic mass is 10.1. The Morgan fingerprint density at radius 2 is 1.95 bits per heavy atom. The summed E-state index contributed by atoms with van der Waals surface area (Å²) < 4.78 is 5.58. The van der Waals surface area contributed by atoms with Crippen LogP contribution in [0.25, 0.3) is 0 Å². The molecule has 20 heavy (non-hydrogen) atoms. The van der Waals surface area contributed by atoms with Crippen LogP contribution < -0.4 is 0 Å². The molecule has 114 valence electrons. The number of rotatable bonds is 5. The molecular formula is C14H23NO3S2. The van der Waals surface area contributed by atoms with E-state index in [1.54, 1.807) is 11.3 Å². The summed E-state index contributed by atoms with van der Waals surface area (Å²) in [6.07, 6.45) is 0.551. The van der Waals surface area contributed by atoms with E-state index in [4.69, 9.17) is 9.84 Å². The minimum atomic E-state index is -0.686. The van der Waals surface area contributed by atoms with E-state index < -0.39 is 10.3 Å². The van der Waals surface area contributed by atoms with Gasteiger partial charge in [-0.15, -0.1) is 11.3 Å². The lowest BCUT2D eigenvalue weighted by Crippen LogP contribution is -2.36. The maximum Gasteiger partial charge on any atom is 0.322 e. The van der Waals surface area contributed by atoms with Gasteiger partial charge in [0.2, 0.25) is 0 Å². The molecule has 0 spiro atoms. The van der Waals surface area contributed by atoms with Crippen LogP contribution in [-0.4, -0.2) is 33.0 Å². The number of aromatic nitrogens is 1. The molecule has 1 N–H and O–H groups in total. The van der Waals surface area contributed by atoms with Crippen LogP contribution in [0.15, 0.2) is 4.34 Å².